The first-order valence-corrected chi connectivity index (χ1v) is 9.94. The fraction of sp³-hybridized carbons (Fsp3) is 0.600. The summed E-state index contributed by atoms with van der Waals surface area (Å²) in [6.45, 7) is 4.12. The van der Waals surface area contributed by atoms with Crippen LogP contribution in [0.4, 0.5) is 4.39 Å². The van der Waals surface area contributed by atoms with Crippen LogP contribution in [-0.2, 0) is 14.3 Å². The molecule has 3 N–H and O–H groups in total. The molecule has 0 aromatic heterocycles. The second kappa shape index (κ2) is 9.95. The number of nitrogens with zero attached hydrogens (tertiary/aromatic N) is 2. The van der Waals surface area contributed by atoms with Gasteiger partial charge in [0, 0.05) is 39.3 Å². The number of carbonyl (C=O) groups excluding carboxylic acids is 2. The maximum atomic E-state index is 13.9. The molecule has 2 aliphatic heterocycles. The number of nitrogens with two attached hydrogens (primary N) is 1. The Hall–Kier alpha value is -2.03. The lowest BCUT2D eigenvalue weighted by atomic mass is 9.95. The van der Waals surface area contributed by atoms with Crippen molar-refractivity contribution in [2.24, 2.45) is 11.7 Å². The van der Waals surface area contributed by atoms with Gasteiger partial charge in [0.25, 0.3) is 0 Å². The fourth-order valence-corrected chi connectivity index (χ4v) is 3.93. The Kier molecular flexibility index (Phi) is 7.36. The molecule has 154 valence electrons. The normalized spacial score (nSPS) is 21.9. The molecule has 2 aliphatic rings. The summed E-state index contributed by atoms with van der Waals surface area (Å²) in [6, 6.07) is 5.66. The van der Waals surface area contributed by atoms with Crippen molar-refractivity contribution < 1.29 is 18.7 Å². The zero-order chi connectivity index (χ0) is 19.9. The van der Waals surface area contributed by atoms with Gasteiger partial charge in [0.2, 0.25) is 11.8 Å². The van der Waals surface area contributed by atoms with E-state index in [1.165, 1.54) is 12.1 Å². The number of ether oxygens (including phenoxy) is 1. The van der Waals surface area contributed by atoms with Crippen molar-refractivity contribution in [1.29, 1.82) is 0 Å². The molecule has 2 saturated heterocycles. The second-order valence-electron chi connectivity index (χ2n) is 7.31. The van der Waals surface area contributed by atoms with Crippen molar-refractivity contribution in [2.75, 3.05) is 52.5 Å². The van der Waals surface area contributed by atoms with Gasteiger partial charge in [-0.1, -0.05) is 12.1 Å². The summed E-state index contributed by atoms with van der Waals surface area (Å²) in [5.74, 6) is -0.733. The standard InChI is InChI=1S/C20H29FN4O3/c21-17-5-1-3-15(13-17)18(24-9-11-28-12-10-24)20(27)25-8-2-4-16(14-25)19(26)23-7-6-22/h1,3,5,13,16,18H,2,4,6-12,14,22H2,(H,23,26). The Morgan fingerprint density at radius 1 is 1.29 bits per heavy atom. The van der Waals surface area contributed by atoms with Crippen LogP contribution in [0.2, 0.25) is 0 Å². The molecule has 0 saturated carbocycles. The van der Waals surface area contributed by atoms with E-state index in [2.05, 4.69) is 5.32 Å². The molecule has 0 radical (unpaired) electrons. The Morgan fingerprint density at radius 3 is 2.79 bits per heavy atom. The quantitative estimate of drug-likeness (QED) is 0.737. The van der Waals surface area contributed by atoms with E-state index < -0.39 is 6.04 Å². The predicted octanol–water partition coefficient (Wildman–Crippen LogP) is 0.513. The maximum absolute atomic E-state index is 13.9. The minimum absolute atomic E-state index is 0.0587. The zero-order valence-corrected chi connectivity index (χ0v) is 16.1. The van der Waals surface area contributed by atoms with Crippen molar-refractivity contribution in [3.63, 3.8) is 0 Å². The lowest BCUT2D eigenvalue weighted by Gasteiger charge is -2.39. The highest BCUT2D eigenvalue weighted by Gasteiger charge is 2.36. The first kappa shape index (κ1) is 20.7. The van der Waals surface area contributed by atoms with Crippen LogP contribution in [0.25, 0.3) is 0 Å². The predicted molar refractivity (Wildman–Crippen MR) is 103 cm³/mol. The lowest BCUT2D eigenvalue weighted by Crippen LogP contribution is -2.51. The van der Waals surface area contributed by atoms with E-state index in [0.29, 0.717) is 58.0 Å². The molecule has 2 atom stereocenters. The molecule has 2 heterocycles. The van der Waals surface area contributed by atoms with E-state index >= 15 is 0 Å². The molecular formula is C20H29FN4O3. The van der Waals surface area contributed by atoms with Gasteiger partial charge in [-0.25, -0.2) is 4.39 Å². The number of likely N-dealkylation sites (tertiary alicyclic amines) is 1. The molecule has 2 fully saturated rings. The van der Waals surface area contributed by atoms with Gasteiger partial charge >= 0.3 is 0 Å². The third-order valence-corrected chi connectivity index (χ3v) is 5.36. The van der Waals surface area contributed by atoms with Gasteiger partial charge in [-0.3, -0.25) is 14.5 Å². The summed E-state index contributed by atoms with van der Waals surface area (Å²) >= 11 is 0. The van der Waals surface area contributed by atoms with Crippen LogP contribution in [0.5, 0.6) is 0 Å². The molecule has 8 heteroatoms. The highest BCUT2D eigenvalue weighted by Crippen LogP contribution is 2.27. The van der Waals surface area contributed by atoms with Gasteiger partial charge in [0.15, 0.2) is 0 Å². The number of piperidine rings is 1. The van der Waals surface area contributed by atoms with Crippen molar-refractivity contribution in [1.82, 2.24) is 15.1 Å². The molecule has 0 bridgehead atoms. The SMILES string of the molecule is NCCNC(=O)C1CCCN(C(=O)C(c2cccc(F)c2)N2CCOCC2)C1. The Balaban J connectivity index is 1.77. The minimum Gasteiger partial charge on any atom is -0.379 e. The van der Waals surface area contributed by atoms with E-state index in [9.17, 15) is 14.0 Å². The maximum Gasteiger partial charge on any atom is 0.244 e. The van der Waals surface area contributed by atoms with Crippen molar-refractivity contribution >= 4 is 11.8 Å². The van der Waals surface area contributed by atoms with Gasteiger partial charge in [-0.05, 0) is 30.5 Å². The van der Waals surface area contributed by atoms with Crippen molar-refractivity contribution in [3.05, 3.63) is 35.6 Å². The van der Waals surface area contributed by atoms with Crippen LogP contribution in [-0.4, -0.2) is 74.1 Å². The smallest absolute Gasteiger partial charge is 0.244 e. The number of amides is 2. The molecule has 0 spiro atoms. The van der Waals surface area contributed by atoms with Crippen LogP contribution < -0.4 is 11.1 Å². The first-order valence-electron chi connectivity index (χ1n) is 9.94. The summed E-state index contributed by atoms with van der Waals surface area (Å²) < 4.78 is 19.3. The summed E-state index contributed by atoms with van der Waals surface area (Å²) in [5, 5.41) is 2.81. The lowest BCUT2D eigenvalue weighted by molar-refractivity contribution is -0.142. The first-order chi connectivity index (χ1) is 13.6. The van der Waals surface area contributed by atoms with E-state index in [0.717, 1.165) is 12.8 Å². The summed E-state index contributed by atoms with van der Waals surface area (Å²) in [4.78, 5) is 29.6. The third kappa shape index (κ3) is 5.06. The number of hydrogen-bond acceptors (Lipinski definition) is 5. The van der Waals surface area contributed by atoms with E-state index in [1.54, 1.807) is 17.0 Å². The number of rotatable bonds is 6. The molecule has 28 heavy (non-hydrogen) atoms. The Labute approximate surface area is 165 Å². The van der Waals surface area contributed by atoms with Crippen molar-refractivity contribution in [3.8, 4) is 0 Å². The van der Waals surface area contributed by atoms with Crippen LogP contribution in [0, 0.1) is 11.7 Å². The molecular weight excluding hydrogens is 363 g/mol. The molecule has 3 rings (SSSR count). The van der Waals surface area contributed by atoms with E-state index in [4.69, 9.17) is 10.5 Å². The highest BCUT2D eigenvalue weighted by molar-refractivity contribution is 5.85. The highest BCUT2D eigenvalue weighted by atomic mass is 19.1. The Bertz CT molecular complexity index is 681. The average Bonchev–Trinajstić information content (AvgIpc) is 2.73. The number of halogens is 1. The molecule has 1 aromatic carbocycles. The molecule has 1 aromatic rings. The van der Waals surface area contributed by atoms with E-state index in [-0.39, 0.29) is 23.5 Å². The minimum atomic E-state index is -0.564. The number of nitrogens with one attached hydrogen (secondary N) is 1. The molecule has 0 aliphatic carbocycles. The summed E-state index contributed by atoms with van der Waals surface area (Å²) in [6.07, 6.45) is 1.52. The van der Waals surface area contributed by atoms with Crippen LogP contribution >= 0.6 is 0 Å². The van der Waals surface area contributed by atoms with Gasteiger partial charge in [-0.15, -0.1) is 0 Å². The van der Waals surface area contributed by atoms with Crippen molar-refractivity contribution in [2.45, 2.75) is 18.9 Å². The largest absolute Gasteiger partial charge is 0.379 e. The van der Waals surface area contributed by atoms with Crippen LogP contribution in [0.15, 0.2) is 24.3 Å². The second-order valence-corrected chi connectivity index (χ2v) is 7.31. The Morgan fingerprint density at radius 2 is 2.07 bits per heavy atom. The number of benzene rings is 1. The van der Waals surface area contributed by atoms with Gasteiger partial charge in [-0.2, -0.15) is 0 Å². The summed E-state index contributed by atoms with van der Waals surface area (Å²) in [7, 11) is 0. The molecule has 2 unspecified atom stereocenters. The average molecular weight is 392 g/mol. The van der Waals surface area contributed by atoms with Gasteiger partial charge < -0.3 is 20.7 Å². The number of carbonyl (C=O) groups is 2. The molecule has 7 nitrogen and oxygen atoms in total. The van der Waals surface area contributed by atoms with Crippen LogP contribution in [0.3, 0.4) is 0 Å². The number of morpholine rings is 1. The topological polar surface area (TPSA) is 87.9 Å². The van der Waals surface area contributed by atoms with Crippen LogP contribution in [0.1, 0.15) is 24.4 Å². The van der Waals surface area contributed by atoms with E-state index in [1.807, 2.05) is 4.90 Å². The third-order valence-electron chi connectivity index (χ3n) is 5.36. The number of hydrogen-bond donors (Lipinski definition) is 2. The fourth-order valence-electron chi connectivity index (χ4n) is 3.93. The van der Waals surface area contributed by atoms with Gasteiger partial charge in [0.1, 0.15) is 11.9 Å². The monoisotopic (exact) mass is 392 g/mol. The van der Waals surface area contributed by atoms with Gasteiger partial charge in [0.05, 0.1) is 19.1 Å². The molecule has 2 amide bonds. The summed E-state index contributed by atoms with van der Waals surface area (Å²) in [5.41, 5.74) is 6.10. The zero-order valence-electron chi connectivity index (χ0n) is 16.1.